The molecule has 0 rings (SSSR count). The Kier molecular flexibility index (Phi) is 8.15. The van der Waals surface area contributed by atoms with E-state index in [-0.39, 0.29) is 25.5 Å². The maximum atomic E-state index is 11.2. The van der Waals surface area contributed by atoms with E-state index in [0.717, 1.165) is 12.8 Å². The number of hydrogen-bond donors (Lipinski definition) is 3. The van der Waals surface area contributed by atoms with Crippen LogP contribution in [0, 0.1) is 5.92 Å². The predicted molar refractivity (Wildman–Crippen MR) is 59.9 cm³/mol. The van der Waals surface area contributed by atoms with Crippen molar-refractivity contribution in [3.05, 3.63) is 12.2 Å². The largest absolute Gasteiger partial charge is 0.481 e. The highest BCUT2D eigenvalue weighted by Gasteiger charge is 2.17. The zero-order chi connectivity index (χ0) is 12.4. The number of aliphatic carboxylic acids is 1. The fourth-order valence-corrected chi connectivity index (χ4v) is 1.13. The Labute approximate surface area is 95.2 Å². The maximum absolute atomic E-state index is 11.2. The lowest BCUT2D eigenvalue weighted by molar-refractivity contribution is -0.142. The first-order chi connectivity index (χ1) is 7.61. The van der Waals surface area contributed by atoms with Gasteiger partial charge in [0.05, 0.1) is 12.5 Å². The molecule has 0 aromatic heterocycles. The third-order valence-electron chi connectivity index (χ3n) is 1.98. The lowest BCUT2D eigenvalue weighted by Gasteiger charge is -2.07. The van der Waals surface area contributed by atoms with Crippen molar-refractivity contribution in [2.75, 3.05) is 13.2 Å². The number of carboxylic acids is 1. The summed E-state index contributed by atoms with van der Waals surface area (Å²) in [6, 6.07) is 0. The van der Waals surface area contributed by atoms with Gasteiger partial charge in [0.15, 0.2) is 0 Å². The number of aliphatic hydroxyl groups is 1. The van der Waals surface area contributed by atoms with Crippen LogP contribution in [0.1, 0.15) is 26.2 Å². The average molecular weight is 229 g/mol. The molecule has 92 valence electrons. The van der Waals surface area contributed by atoms with E-state index in [0.29, 0.717) is 0 Å². The summed E-state index contributed by atoms with van der Waals surface area (Å²) in [6.07, 6.45) is 4.99. The molecule has 5 nitrogen and oxygen atoms in total. The molecule has 0 fully saturated rings. The molecule has 0 heterocycles. The summed E-state index contributed by atoms with van der Waals surface area (Å²) in [5.41, 5.74) is 0. The van der Waals surface area contributed by atoms with Crippen molar-refractivity contribution in [3.63, 3.8) is 0 Å². The van der Waals surface area contributed by atoms with Gasteiger partial charge in [0.2, 0.25) is 5.91 Å². The first-order valence-corrected chi connectivity index (χ1v) is 5.38. The number of amides is 1. The minimum Gasteiger partial charge on any atom is -0.481 e. The number of carbonyl (C=O) groups is 2. The van der Waals surface area contributed by atoms with Crippen molar-refractivity contribution >= 4 is 11.9 Å². The van der Waals surface area contributed by atoms with Gasteiger partial charge in [0.25, 0.3) is 0 Å². The highest BCUT2D eigenvalue weighted by molar-refractivity contribution is 5.83. The van der Waals surface area contributed by atoms with Crippen LogP contribution >= 0.6 is 0 Å². The Hall–Kier alpha value is -1.36. The Balaban J connectivity index is 4.12. The number of aliphatic hydroxyl groups excluding tert-OH is 1. The van der Waals surface area contributed by atoms with Crippen LogP contribution in [-0.2, 0) is 9.59 Å². The molecule has 0 saturated heterocycles. The van der Waals surface area contributed by atoms with Crippen LogP contribution in [0.5, 0.6) is 0 Å². The fourth-order valence-electron chi connectivity index (χ4n) is 1.13. The standard InChI is InChI=1S/C11H19NO4/c1-2-3-4-5-9(11(15)16)8-10(14)12-6-7-13/h4-5,9,13H,2-3,6-8H2,1H3,(H,12,14)(H,15,16). The van der Waals surface area contributed by atoms with Crippen molar-refractivity contribution in [1.82, 2.24) is 5.32 Å². The van der Waals surface area contributed by atoms with Crippen molar-refractivity contribution in [2.45, 2.75) is 26.2 Å². The van der Waals surface area contributed by atoms with Gasteiger partial charge in [-0.3, -0.25) is 9.59 Å². The molecular formula is C11H19NO4. The summed E-state index contributed by atoms with van der Waals surface area (Å²) in [5.74, 6) is -2.15. The minimum atomic E-state index is -1.01. The second kappa shape index (κ2) is 8.91. The molecule has 0 aliphatic heterocycles. The molecule has 3 N–H and O–H groups in total. The first kappa shape index (κ1) is 14.6. The first-order valence-electron chi connectivity index (χ1n) is 5.38. The van der Waals surface area contributed by atoms with Gasteiger partial charge in [0, 0.05) is 13.0 Å². The van der Waals surface area contributed by atoms with Crippen LogP contribution in [-0.4, -0.2) is 35.2 Å². The van der Waals surface area contributed by atoms with Gasteiger partial charge < -0.3 is 15.5 Å². The molecule has 0 aromatic rings. The molecule has 0 aromatic carbocycles. The second-order valence-electron chi connectivity index (χ2n) is 3.44. The number of unbranched alkanes of at least 4 members (excludes halogenated alkanes) is 1. The number of carbonyl (C=O) groups excluding carboxylic acids is 1. The van der Waals surface area contributed by atoms with Crippen LogP contribution in [0.15, 0.2) is 12.2 Å². The summed E-state index contributed by atoms with van der Waals surface area (Å²) in [6.45, 7) is 2.01. The van der Waals surface area contributed by atoms with Gasteiger partial charge in [0.1, 0.15) is 0 Å². The molecule has 0 radical (unpaired) electrons. The van der Waals surface area contributed by atoms with Gasteiger partial charge in [-0.2, -0.15) is 0 Å². The molecule has 5 heteroatoms. The van der Waals surface area contributed by atoms with Crippen LogP contribution in [0.2, 0.25) is 0 Å². The second-order valence-corrected chi connectivity index (χ2v) is 3.44. The predicted octanol–water partition coefficient (Wildman–Crippen LogP) is 0.542. The van der Waals surface area contributed by atoms with Crippen LogP contribution in [0.3, 0.4) is 0 Å². The number of hydrogen-bond acceptors (Lipinski definition) is 3. The smallest absolute Gasteiger partial charge is 0.310 e. The van der Waals surface area contributed by atoms with Crippen molar-refractivity contribution < 1.29 is 19.8 Å². The summed E-state index contributed by atoms with van der Waals surface area (Å²) in [7, 11) is 0. The average Bonchev–Trinajstić information content (AvgIpc) is 2.25. The lowest BCUT2D eigenvalue weighted by atomic mass is 10.0. The van der Waals surface area contributed by atoms with Crippen LogP contribution < -0.4 is 5.32 Å². The lowest BCUT2D eigenvalue weighted by Crippen LogP contribution is -2.29. The van der Waals surface area contributed by atoms with E-state index in [9.17, 15) is 9.59 Å². The van der Waals surface area contributed by atoms with E-state index in [2.05, 4.69) is 5.32 Å². The molecule has 0 bridgehead atoms. The van der Waals surface area contributed by atoms with Gasteiger partial charge in [-0.05, 0) is 6.42 Å². The number of rotatable bonds is 8. The highest BCUT2D eigenvalue weighted by atomic mass is 16.4. The normalized spacial score (nSPS) is 12.6. The Bertz CT molecular complexity index is 250. The summed E-state index contributed by atoms with van der Waals surface area (Å²) in [4.78, 5) is 22.1. The Morgan fingerprint density at radius 3 is 2.62 bits per heavy atom. The van der Waals surface area contributed by atoms with E-state index in [1.165, 1.54) is 0 Å². The molecule has 0 aliphatic rings. The molecule has 0 saturated carbocycles. The fraction of sp³-hybridized carbons (Fsp3) is 0.636. The Morgan fingerprint density at radius 2 is 2.12 bits per heavy atom. The van der Waals surface area contributed by atoms with E-state index >= 15 is 0 Å². The van der Waals surface area contributed by atoms with E-state index < -0.39 is 11.9 Å². The molecule has 1 unspecified atom stereocenters. The third-order valence-corrected chi connectivity index (χ3v) is 1.98. The number of allylic oxidation sites excluding steroid dienone is 1. The Morgan fingerprint density at radius 1 is 1.44 bits per heavy atom. The van der Waals surface area contributed by atoms with Gasteiger partial charge >= 0.3 is 5.97 Å². The zero-order valence-corrected chi connectivity index (χ0v) is 9.48. The quantitative estimate of drug-likeness (QED) is 0.530. The summed E-state index contributed by atoms with van der Waals surface area (Å²) >= 11 is 0. The molecular weight excluding hydrogens is 210 g/mol. The van der Waals surface area contributed by atoms with E-state index in [1.807, 2.05) is 6.92 Å². The molecule has 1 atom stereocenters. The molecule has 0 aliphatic carbocycles. The van der Waals surface area contributed by atoms with Crippen molar-refractivity contribution in [2.24, 2.45) is 5.92 Å². The monoisotopic (exact) mass is 229 g/mol. The zero-order valence-electron chi connectivity index (χ0n) is 9.48. The third kappa shape index (κ3) is 7.00. The molecule has 16 heavy (non-hydrogen) atoms. The topological polar surface area (TPSA) is 86.6 Å². The van der Waals surface area contributed by atoms with Crippen molar-refractivity contribution in [1.29, 1.82) is 0 Å². The minimum absolute atomic E-state index is 0.0878. The van der Waals surface area contributed by atoms with E-state index in [1.54, 1.807) is 12.2 Å². The SMILES string of the molecule is CCCC=CC(CC(=O)NCCO)C(=O)O. The molecule has 0 spiro atoms. The number of nitrogens with one attached hydrogen (secondary N) is 1. The van der Waals surface area contributed by atoms with Gasteiger partial charge in [-0.25, -0.2) is 0 Å². The van der Waals surface area contributed by atoms with E-state index in [4.69, 9.17) is 10.2 Å². The van der Waals surface area contributed by atoms with Crippen molar-refractivity contribution in [3.8, 4) is 0 Å². The van der Waals surface area contributed by atoms with Crippen LogP contribution in [0.25, 0.3) is 0 Å². The van der Waals surface area contributed by atoms with Crippen LogP contribution in [0.4, 0.5) is 0 Å². The highest BCUT2D eigenvalue weighted by Crippen LogP contribution is 2.06. The maximum Gasteiger partial charge on any atom is 0.310 e. The molecule has 1 amide bonds. The van der Waals surface area contributed by atoms with Gasteiger partial charge in [-0.1, -0.05) is 25.5 Å². The summed E-state index contributed by atoms with van der Waals surface area (Å²) < 4.78 is 0. The summed E-state index contributed by atoms with van der Waals surface area (Å²) in [5, 5.41) is 19.8. The number of carboxylic acid groups (broad SMARTS) is 1. The van der Waals surface area contributed by atoms with Gasteiger partial charge in [-0.15, -0.1) is 0 Å².